The first-order chi connectivity index (χ1) is 7.57. The van der Waals surface area contributed by atoms with Crippen molar-refractivity contribution in [3.8, 4) is 0 Å². The fraction of sp³-hybridized carbons (Fsp3) is 0.929. The summed E-state index contributed by atoms with van der Waals surface area (Å²) >= 11 is 0. The highest BCUT2D eigenvalue weighted by atomic mass is 16.1. The van der Waals surface area contributed by atoms with Crippen LogP contribution in [0, 0.1) is 11.8 Å². The third kappa shape index (κ3) is 2.85. The molecule has 0 aromatic carbocycles. The highest BCUT2D eigenvalue weighted by Gasteiger charge is 2.36. The minimum atomic E-state index is -0.552. The van der Waals surface area contributed by atoms with E-state index in [1.807, 2.05) is 13.8 Å². The molecule has 0 aromatic rings. The number of hydrogen-bond acceptors (Lipinski definition) is 2. The predicted molar refractivity (Wildman–Crippen MR) is 68.2 cm³/mol. The van der Waals surface area contributed by atoms with Crippen LogP contribution in [0.25, 0.3) is 0 Å². The molecule has 0 unspecified atom stereocenters. The van der Waals surface area contributed by atoms with Crippen molar-refractivity contribution in [3.63, 3.8) is 0 Å². The Morgan fingerprint density at radius 1 is 1.12 bits per heavy atom. The summed E-state index contributed by atoms with van der Waals surface area (Å²) in [5.41, 5.74) is 5.64. The van der Waals surface area contributed by atoms with Gasteiger partial charge in [-0.3, -0.25) is 4.79 Å². The van der Waals surface area contributed by atoms with Gasteiger partial charge in [-0.25, -0.2) is 0 Å². The summed E-state index contributed by atoms with van der Waals surface area (Å²) in [7, 11) is 0. The maximum Gasteiger partial charge on any atom is 0.155 e. The molecular formula is C14H27NO. The molecule has 0 spiro atoms. The number of nitrogens with two attached hydrogens (primary N) is 1. The highest BCUT2D eigenvalue weighted by molar-refractivity contribution is 5.90. The van der Waals surface area contributed by atoms with E-state index in [1.165, 1.54) is 19.3 Å². The molecule has 0 aliphatic heterocycles. The van der Waals surface area contributed by atoms with Gasteiger partial charge in [0, 0.05) is 5.92 Å². The molecule has 2 heteroatoms. The van der Waals surface area contributed by atoms with Gasteiger partial charge in [0.1, 0.15) is 0 Å². The van der Waals surface area contributed by atoms with Crippen molar-refractivity contribution in [3.05, 3.63) is 0 Å². The smallest absolute Gasteiger partial charge is 0.155 e. The lowest BCUT2D eigenvalue weighted by atomic mass is 9.73. The number of Topliss-reactive ketones (excluding diaryl/α,β-unsaturated/α-hetero) is 1. The van der Waals surface area contributed by atoms with Crippen molar-refractivity contribution in [2.75, 3.05) is 0 Å². The van der Waals surface area contributed by atoms with E-state index in [9.17, 15) is 4.79 Å². The van der Waals surface area contributed by atoms with E-state index in [4.69, 9.17) is 5.73 Å². The van der Waals surface area contributed by atoms with Gasteiger partial charge >= 0.3 is 0 Å². The first kappa shape index (κ1) is 13.7. The summed E-state index contributed by atoms with van der Waals surface area (Å²) in [6.45, 7) is 6.30. The number of rotatable bonds is 5. The second kappa shape index (κ2) is 5.81. The van der Waals surface area contributed by atoms with Gasteiger partial charge in [-0.15, -0.1) is 0 Å². The fourth-order valence-corrected chi connectivity index (χ4v) is 2.84. The predicted octanol–water partition coefficient (Wildman–Crippen LogP) is 3.29. The molecule has 1 aliphatic carbocycles. The van der Waals surface area contributed by atoms with Gasteiger partial charge in [0.05, 0.1) is 5.54 Å². The van der Waals surface area contributed by atoms with Crippen LogP contribution in [0.3, 0.4) is 0 Å². The summed E-state index contributed by atoms with van der Waals surface area (Å²) in [6.07, 6.45) is 7.38. The molecule has 16 heavy (non-hydrogen) atoms. The Morgan fingerprint density at radius 2 is 1.62 bits per heavy atom. The van der Waals surface area contributed by atoms with Crippen LogP contribution in [0.2, 0.25) is 0 Å². The van der Waals surface area contributed by atoms with E-state index in [0.29, 0.717) is 5.78 Å². The fourth-order valence-electron chi connectivity index (χ4n) is 2.84. The molecule has 0 atom stereocenters. The lowest BCUT2D eigenvalue weighted by molar-refractivity contribution is -0.129. The molecule has 2 N–H and O–H groups in total. The molecule has 1 fully saturated rings. The van der Waals surface area contributed by atoms with Gasteiger partial charge in [0.2, 0.25) is 0 Å². The number of carbonyl (C=O) groups excluding carboxylic acids is 1. The van der Waals surface area contributed by atoms with Crippen LogP contribution in [0.1, 0.15) is 65.7 Å². The Morgan fingerprint density at radius 3 is 2.00 bits per heavy atom. The quantitative estimate of drug-likeness (QED) is 0.780. The zero-order valence-corrected chi connectivity index (χ0v) is 11.1. The maximum atomic E-state index is 12.4. The van der Waals surface area contributed by atoms with Gasteiger partial charge in [-0.05, 0) is 44.4 Å². The minimum Gasteiger partial charge on any atom is -0.319 e. The zero-order valence-electron chi connectivity index (χ0n) is 11.1. The molecule has 1 saturated carbocycles. The monoisotopic (exact) mass is 225 g/mol. The van der Waals surface area contributed by atoms with Gasteiger partial charge < -0.3 is 5.73 Å². The largest absolute Gasteiger partial charge is 0.319 e. The van der Waals surface area contributed by atoms with Gasteiger partial charge in [0.15, 0.2) is 5.78 Å². The Labute approximate surface area is 100.0 Å². The average molecular weight is 225 g/mol. The Kier molecular flexibility index (Phi) is 4.97. The molecule has 0 heterocycles. The number of ketones is 1. The van der Waals surface area contributed by atoms with Gasteiger partial charge in [-0.1, -0.05) is 27.2 Å². The van der Waals surface area contributed by atoms with Crippen LogP contribution < -0.4 is 5.73 Å². The molecule has 0 amide bonds. The molecular weight excluding hydrogens is 198 g/mol. The van der Waals surface area contributed by atoms with Crippen LogP contribution in [0.5, 0.6) is 0 Å². The van der Waals surface area contributed by atoms with Crippen molar-refractivity contribution in [1.29, 1.82) is 0 Å². The van der Waals surface area contributed by atoms with E-state index in [-0.39, 0.29) is 5.92 Å². The average Bonchev–Trinajstić information content (AvgIpc) is 2.37. The van der Waals surface area contributed by atoms with Crippen molar-refractivity contribution in [2.24, 2.45) is 17.6 Å². The van der Waals surface area contributed by atoms with E-state index >= 15 is 0 Å². The van der Waals surface area contributed by atoms with E-state index in [0.717, 1.165) is 31.6 Å². The Hall–Kier alpha value is -0.370. The first-order valence-electron chi connectivity index (χ1n) is 6.90. The SMILES string of the molecule is CCC1CCC(C(=O)C(N)(CC)CC)CC1. The normalized spacial score (nSPS) is 26.8. The molecule has 2 nitrogen and oxygen atoms in total. The van der Waals surface area contributed by atoms with E-state index in [2.05, 4.69) is 6.92 Å². The van der Waals surface area contributed by atoms with Crippen LogP contribution in [-0.2, 0) is 4.79 Å². The van der Waals surface area contributed by atoms with Crippen LogP contribution >= 0.6 is 0 Å². The number of carbonyl (C=O) groups is 1. The second-order valence-electron chi connectivity index (χ2n) is 5.35. The Bertz CT molecular complexity index is 225. The summed E-state index contributed by atoms with van der Waals surface area (Å²) in [5.74, 6) is 1.42. The van der Waals surface area contributed by atoms with Crippen molar-refractivity contribution in [1.82, 2.24) is 0 Å². The summed E-state index contributed by atoms with van der Waals surface area (Å²) in [5, 5.41) is 0. The molecule has 1 rings (SSSR count). The van der Waals surface area contributed by atoms with Crippen LogP contribution in [-0.4, -0.2) is 11.3 Å². The lowest BCUT2D eigenvalue weighted by Gasteiger charge is -2.33. The third-order valence-electron chi connectivity index (χ3n) is 4.55. The Balaban J connectivity index is 2.56. The van der Waals surface area contributed by atoms with Crippen LogP contribution in [0.15, 0.2) is 0 Å². The standard InChI is InChI=1S/C14H27NO/c1-4-11-7-9-12(10-8-11)13(16)14(15,5-2)6-3/h11-12H,4-10,15H2,1-3H3. The van der Waals surface area contributed by atoms with E-state index < -0.39 is 5.54 Å². The summed E-state index contributed by atoms with van der Waals surface area (Å²) < 4.78 is 0. The van der Waals surface area contributed by atoms with Crippen molar-refractivity contribution < 1.29 is 4.79 Å². The molecule has 0 aromatic heterocycles. The topological polar surface area (TPSA) is 43.1 Å². The second-order valence-corrected chi connectivity index (χ2v) is 5.35. The highest BCUT2D eigenvalue weighted by Crippen LogP contribution is 2.33. The lowest BCUT2D eigenvalue weighted by Crippen LogP contribution is -2.50. The third-order valence-corrected chi connectivity index (χ3v) is 4.55. The van der Waals surface area contributed by atoms with Gasteiger partial charge in [0.25, 0.3) is 0 Å². The summed E-state index contributed by atoms with van der Waals surface area (Å²) in [6, 6.07) is 0. The molecule has 1 aliphatic rings. The first-order valence-corrected chi connectivity index (χ1v) is 6.90. The molecule has 94 valence electrons. The molecule has 0 radical (unpaired) electrons. The molecule has 0 bridgehead atoms. The molecule has 0 saturated heterocycles. The van der Waals surface area contributed by atoms with Crippen molar-refractivity contribution >= 4 is 5.78 Å². The minimum absolute atomic E-state index is 0.243. The van der Waals surface area contributed by atoms with E-state index in [1.54, 1.807) is 0 Å². The summed E-state index contributed by atoms with van der Waals surface area (Å²) in [4.78, 5) is 12.4. The van der Waals surface area contributed by atoms with Gasteiger partial charge in [-0.2, -0.15) is 0 Å². The zero-order chi connectivity index (χ0) is 12.2. The van der Waals surface area contributed by atoms with Crippen molar-refractivity contribution in [2.45, 2.75) is 71.3 Å². The maximum absolute atomic E-state index is 12.4. The number of hydrogen-bond donors (Lipinski definition) is 1. The van der Waals surface area contributed by atoms with Crippen LogP contribution in [0.4, 0.5) is 0 Å².